The number of carbonyl (C=O) groups excluding carboxylic acids is 2. The molecule has 0 spiro atoms. The number of halogens is 3. The Hall–Kier alpha value is -2.65. The number of thiazole rings is 1. The zero-order valence-corrected chi connectivity index (χ0v) is 18.8. The number of amides is 2. The van der Waals surface area contributed by atoms with Crippen molar-refractivity contribution in [1.82, 2.24) is 9.88 Å². The zero-order chi connectivity index (χ0) is 22.0. The number of carbonyl (C=O) groups is 2. The van der Waals surface area contributed by atoms with E-state index in [0.717, 1.165) is 39.1 Å². The van der Waals surface area contributed by atoms with Crippen molar-refractivity contribution in [3.05, 3.63) is 69.3 Å². The van der Waals surface area contributed by atoms with Gasteiger partial charge in [-0.05, 0) is 29.8 Å². The van der Waals surface area contributed by atoms with Gasteiger partial charge in [-0.1, -0.05) is 53.2 Å². The average Bonchev–Trinajstić information content (AvgIpc) is 3.09. The molecule has 0 radical (unpaired) electrons. The van der Waals surface area contributed by atoms with Gasteiger partial charge in [0.25, 0.3) is 11.8 Å². The lowest BCUT2D eigenvalue weighted by Crippen LogP contribution is -2.25. The van der Waals surface area contributed by atoms with Crippen LogP contribution in [0.2, 0.25) is 0 Å². The maximum Gasteiger partial charge on any atom is 0.274 e. The second kappa shape index (κ2) is 9.01. The number of nitrogens with one attached hydrogen (secondary N) is 1. The molecule has 2 heterocycles. The van der Waals surface area contributed by atoms with Crippen LogP contribution < -0.4 is 5.32 Å². The summed E-state index contributed by atoms with van der Waals surface area (Å²) in [6, 6.07) is 8.84. The molecule has 1 aliphatic heterocycles. The minimum Gasteiger partial charge on any atom is -0.336 e. The van der Waals surface area contributed by atoms with Crippen LogP contribution in [-0.4, -0.2) is 28.7 Å². The van der Waals surface area contributed by atoms with Gasteiger partial charge in [-0.3, -0.25) is 14.9 Å². The number of rotatable bonds is 2. The molecule has 0 aliphatic carbocycles. The molecule has 2 amide bonds. The number of anilines is 1. The van der Waals surface area contributed by atoms with Crippen LogP contribution in [0.25, 0.3) is 10.4 Å². The van der Waals surface area contributed by atoms with Gasteiger partial charge < -0.3 is 4.90 Å². The molecule has 30 heavy (non-hydrogen) atoms. The molecular formula is C21H18BrF2N3O2S. The molecule has 3 aromatic rings. The smallest absolute Gasteiger partial charge is 0.274 e. The molecule has 0 bridgehead atoms. The van der Waals surface area contributed by atoms with E-state index in [1.807, 2.05) is 32.0 Å². The molecule has 2 aromatic carbocycles. The van der Waals surface area contributed by atoms with Crippen molar-refractivity contribution >= 4 is 44.2 Å². The maximum absolute atomic E-state index is 13.9. The largest absolute Gasteiger partial charge is 0.336 e. The molecule has 5 nitrogen and oxygen atoms in total. The standard InChI is InChI=1S/C19H12BrF2N3O2S.C2H6/c1-25-8-9-5-6-10(20)7-11(9)16-15(18(25)27)23-19(28-16)24-17(26)14-12(21)3-2-4-13(14)22;1-2/h2-7H,8H2,1H3,(H,23,24,26);1-2H3. The predicted octanol–water partition coefficient (Wildman–Crippen LogP) is 5.71. The Morgan fingerprint density at radius 1 is 1.20 bits per heavy atom. The second-order valence-electron chi connectivity index (χ2n) is 6.21. The summed E-state index contributed by atoms with van der Waals surface area (Å²) in [6.07, 6.45) is 0. The van der Waals surface area contributed by atoms with Gasteiger partial charge in [0.1, 0.15) is 22.9 Å². The topological polar surface area (TPSA) is 62.3 Å². The van der Waals surface area contributed by atoms with Gasteiger partial charge >= 0.3 is 0 Å². The Bertz CT molecular complexity index is 1110. The molecule has 4 rings (SSSR count). The van der Waals surface area contributed by atoms with Crippen LogP contribution in [0.3, 0.4) is 0 Å². The number of hydrogen-bond acceptors (Lipinski definition) is 4. The zero-order valence-electron chi connectivity index (χ0n) is 16.4. The molecule has 156 valence electrons. The third-order valence-electron chi connectivity index (χ3n) is 4.31. The molecular weight excluding hydrogens is 476 g/mol. The van der Waals surface area contributed by atoms with E-state index in [0.29, 0.717) is 11.4 Å². The Morgan fingerprint density at radius 2 is 1.87 bits per heavy atom. The lowest BCUT2D eigenvalue weighted by molar-refractivity contribution is 0.0783. The van der Waals surface area contributed by atoms with E-state index in [-0.39, 0.29) is 16.7 Å². The number of fused-ring (bicyclic) bond motifs is 3. The van der Waals surface area contributed by atoms with E-state index in [2.05, 4.69) is 26.2 Å². The first kappa shape index (κ1) is 22.0. The van der Waals surface area contributed by atoms with Crippen molar-refractivity contribution in [2.24, 2.45) is 0 Å². The molecule has 0 unspecified atom stereocenters. The number of aromatic nitrogens is 1. The Morgan fingerprint density at radius 3 is 2.53 bits per heavy atom. The molecule has 0 fully saturated rings. The highest BCUT2D eigenvalue weighted by Gasteiger charge is 2.29. The quantitative estimate of drug-likeness (QED) is 0.496. The van der Waals surface area contributed by atoms with E-state index in [1.54, 1.807) is 7.05 Å². The average molecular weight is 494 g/mol. The summed E-state index contributed by atoms with van der Waals surface area (Å²) in [4.78, 5) is 31.4. The third kappa shape index (κ3) is 4.13. The van der Waals surface area contributed by atoms with Crippen LogP contribution >= 0.6 is 27.3 Å². The van der Waals surface area contributed by atoms with Crippen molar-refractivity contribution in [3.63, 3.8) is 0 Å². The minimum atomic E-state index is -0.972. The van der Waals surface area contributed by atoms with E-state index >= 15 is 0 Å². The van der Waals surface area contributed by atoms with Crippen LogP contribution in [0, 0.1) is 11.6 Å². The minimum absolute atomic E-state index is 0.0900. The van der Waals surface area contributed by atoms with Crippen molar-refractivity contribution in [2.75, 3.05) is 12.4 Å². The monoisotopic (exact) mass is 493 g/mol. The maximum atomic E-state index is 13.9. The molecule has 0 atom stereocenters. The fraction of sp³-hybridized carbons (Fsp3) is 0.190. The van der Waals surface area contributed by atoms with Gasteiger partial charge in [-0.2, -0.15) is 0 Å². The summed E-state index contributed by atoms with van der Waals surface area (Å²) < 4.78 is 28.5. The van der Waals surface area contributed by atoms with Crippen LogP contribution in [0.15, 0.2) is 40.9 Å². The fourth-order valence-electron chi connectivity index (χ4n) is 2.98. The fourth-order valence-corrected chi connectivity index (χ4v) is 4.35. The first-order chi connectivity index (χ1) is 14.3. The van der Waals surface area contributed by atoms with Crippen LogP contribution in [0.5, 0.6) is 0 Å². The molecule has 9 heteroatoms. The molecule has 0 saturated carbocycles. The molecule has 1 aromatic heterocycles. The third-order valence-corrected chi connectivity index (χ3v) is 5.81. The predicted molar refractivity (Wildman–Crippen MR) is 117 cm³/mol. The summed E-state index contributed by atoms with van der Waals surface area (Å²) in [5.74, 6) is -3.20. The van der Waals surface area contributed by atoms with Crippen molar-refractivity contribution in [2.45, 2.75) is 20.4 Å². The van der Waals surface area contributed by atoms with Crippen LogP contribution in [0.4, 0.5) is 13.9 Å². The Balaban J connectivity index is 0.00000124. The van der Waals surface area contributed by atoms with E-state index in [4.69, 9.17) is 0 Å². The Labute approximate surface area is 184 Å². The first-order valence-electron chi connectivity index (χ1n) is 9.15. The number of hydrogen-bond donors (Lipinski definition) is 1. The highest BCUT2D eigenvalue weighted by Crippen LogP contribution is 2.39. The first-order valence-corrected chi connectivity index (χ1v) is 10.8. The Kier molecular flexibility index (Phi) is 6.62. The van der Waals surface area contributed by atoms with E-state index in [1.165, 1.54) is 11.0 Å². The lowest BCUT2D eigenvalue weighted by Gasteiger charge is -2.14. The molecule has 1 N–H and O–H groups in total. The van der Waals surface area contributed by atoms with Gasteiger partial charge in [0.15, 0.2) is 5.13 Å². The van der Waals surface area contributed by atoms with E-state index < -0.39 is 23.1 Å². The van der Waals surface area contributed by atoms with Crippen LogP contribution in [-0.2, 0) is 6.54 Å². The highest BCUT2D eigenvalue weighted by molar-refractivity contribution is 9.10. The van der Waals surface area contributed by atoms with Gasteiger partial charge in [0.2, 0.25) is 0 Å². The number of nitrogens with zero attached hydrogens (tertiary/aromatic N) is 2. The molecule has 0 saturated heterocycles. The van der Waals surface area contributed by atoms with Gasteiger partial charge in [-0.25, -0.2) is 13.8 Å². The van der Waals surface area contributed by atoms with Gasteiger partial charge in [0, 0.05) is 23.6 Å². The number of benzene rings is 2. The van der Waals surface area contributed by atoms with Gasteiger partial charge in [0.05, 0.1) is 4.88 Å². The second-order valence-corrected chi connectivity index (χ2v) is 8.12. The van der Waals surface area contributed by atoms with Gasteiger partial charge in [-0.15, -0.1) is 0 Å². The van der Waals surface area contributed by atoms with Crippen LogP contribution in [0.1, 0.15) is 40.3 Å². The SMILES string of the molecule is CC.CN1Cc2ccc(Br)cc2-c2sc(NC(=O)c3c(F)cccc3F)nc2C1=O. The summed E-state index contributed by atoms with van der Waals surface area (Å²) in [5.41, 5.74) is 1.24. The molecule has 1 aliphatic rings. The summed E-state index contributed by atoms with van der Waals surface area (Å²) in [6.45, 7) is 4.42. The normalized spacial score (nSPS) is 12.3. The lowest BCUT2D eigenvalue weighted by atomic mass is 10.1. The van der Waals surface area contributed by atoms with E-state index in [9.17, 15) is 18.4 Å². The van der Waals surface area contributed by atoms with Crippen molar-refractivity contribution < 1.29 is 18.4 Å². The highest BCUT2D eigenvalue weighted by atomic mass is 79.9. The van der Waals surface area contributed by atoms with Crippen molar-refractivity contribution in [1.29, 1.82) is 0 Å². The summed E-state index contributed by atoms with van der Waals surface area (Å²) in [5, 5.41) is 2.49. The van der Waals surface area contributed by atoms with Crippen molar-refractivity contribution in [3.8, 4) is 10.4 Å². The summed E-state index contributed by atoms with van der Waals surface area (Å²) >= 11 is 4.51. The summed E-state index contributed by atoms with van der Waals surface area (Å²) in [7, 11) is 1.66.